The summed E-state index contributed by atoms with van der Waals surface area (Å²) in [6, 6.07) is 3.77. The number of carbonyl (C=O) groups excluding carboxylic acids is 1. The van der Waals surface area contributed by atoms with Crippen molar-refractivity contribution in [1.29, 1.82) is 0 Å². The molecule has 0 unspecified atom stereocenters. The Morgan fingerprint density at radius 3 is 2.87 bits per heavy atom. The Morgan fingerprint density at radius 2 is 2.40 bits per heavy atom. The summed E-state index contributed by atoms with van der Waals surface area (Å²) in [7, 11) is 0. The highest BCUT2D eigenvalue weighted by atomic mass is 79.9. The van der Waals surface area contributed by atoms with Crippen molar-refractivity contribution in [3.63, 3.8) is 0 Å². The maximum absolute atomic E-state index is 11.5. The molecule has 0 N–H and O–H groups in total. The van der Waals surface area contributed by atoms with E-state index in [1.165, 1.54) is 11.3 Å². The van der Waals surface area contributed by atoms with Crippen LogP contribution in [0.4, 0.5) is 0 Å². The van der Waals surface area contributed by atoms with Crippen LogP contribution < -0.4 is 0 Å². The Hall–Kier alpha value is -0.320. The Bertz CT molecular complexity index is 353. The maximum atomic E-state index is 11.5. The molecule has 1 rings (SSSR count). The van der Waals surface area contributed by atoms with E-state index < -0.39 is 0 Å². The number of alkyl halides is 1. The van der Waals surface area contributed by atoms with Crippen molar-refractivity contribution in [3.05, 3.63) is 34.0 Å². The third-order valence-electron chi connectivity index (χ3n) is 1.79. The van der Waals surface area contributed by atoms with Crippen molar-refractivity contribution in [1.82, 2.24) is 4.90 Å². The minimum Gasteiger partial charge on any atom is -0.333 e. The molecule has 0 aliphatic heterocycles. The molecule has 0 saturated carbocycles. The van der Waals surface area contributed by atoms with Crippen LogP contribution in [0.2, 0.25) is 4.34 Å². The molecule has 0 fully saturated rings. The van der Waals surface area contributed by atoms with Gasteiger partial charge in [0.15, 0.2) is 0 Å². The largest absolute Gasteiger partial charge is 0.333 e. The molecule has 0 radical (unpaired) electrons. The molecule has 1 aromatic heterocycles. The highest BCUT2D eigenvalue weighted by Gasteiger charge is 2.11. The van der Waals surface area contributed by atoms with Crippen molar-refractivity contribution >= 4 is 44.8 Å². The smallest absolute Gasteiger partial charge is 0.233 e. The first-order valence-corrected chi connectivity index (χ1v) is 6.67. The molecule has 0 atom stereocenters. The average Bonchev–Trinajstić information content (AvgIpc) is 2.62. The van der Waals surface area contributed by atoms with Crippen LogP contribution in [0.5, 0.6) is 0 Å². The summed E-state index contributed by atoms with van der Waals surface area (Å²) in [4.78, 5) is 14.3. The molecule has 1 aromatic rings. The lowest BCUT2D eigenvalue weighted by Crippen LogP contribution is -2.31. The Kier molecular flexibility index (Phi) is 5.36. The number of rotatable bonds is 5. The van der Waals surface area contributed by atoms with E-state index in [2.05, 4.69) is 22.5 Å². The first-order chi connectivity index (χ1) is 7.17. The van der Waals surface area contributed by atoms with Crippen LogP contribution in [0, 0.1) is 0 Å². The lowest BCUT2D eigenvalue weighted by atomic mass is 10.4. The number of halogens is 2. The maximum Gasteiger partial charge on any atom is 0.233 e. The molecule has 0 saturated heterocycles. The van der Waals surface area contributed by atoms with Crippen LogP contribution in [-0.4, -0.2) is 22.7 Å². The van der Waals surface area contributed by atoms with Crippen molar-refractivity contribution in [3.8, 4) is 0 Å². The minimum atomic E-state index is 0.0550. The number of hydrogen-bond acceptors (Lipinski definition) is 2. The Labute approximate surface area is 107 Å². The van der Waals surface area contributed by atoms with Crippen LogP contribution in [0.25, 0.3) is 0 Å². The van der Waals surface area contributed by atoms with E-state index >= 15 is 0 Å². The van der Waals surface area contributed by atoms with Gasteiger partial charge in [0.05, 0.1) is 16.2 Å². The number of amides is 1. The first kappa shape index (κ1) is 12.7. The van der Waals surface area contributed by atoms with Gasteiger partial charge < -0.3 is 4.90 Å². The predicted molar refractivity (Wildman–Crippen MR) is 68.7 cm³/mol. The van der Waals surface area contributed by atoms with Crippen molar-refractivity contribution < 1.29 is 4.79 Å². The first-order valence-electron chi connectivity index (χ1n) is 4.36. The van der Waals surface area contributed by atoms with Gasteiger partial charge in [-0.3, -0.25) is 4.79 Å². The molecular weight excluding hydrogens is 298 g/mol. The Morgan fingerprint density at radius 1 is 1.67 bits per heavy atom. The van der Waals surface area contributed by atoms with E-state index in [4.69, 9.17) is 11.6 Å². The van der Waals surface area contributed by atoms with Crippen molar-refractivity contribution in [2.45, 2.75) is 6.54 Å². The van der Waals surface area contributed by atoms with Gasteiger partial charge in [0.25, 0.3) is 0 Å². The van der Waals surface area contributed by atoms with Gasteiger partial charge in [0.1, 0.15) is 0 Å². The fraction of sp³-hybridized carbons (Fsp3) is 0.300. The van der Waals surface area contributed by atoms with Gasteiger partial charge in [-0.15, -0.1) is 17.9 Å². The van der Waals surface area contributed by atoms with E-state index in [0.29, 0.717) is 18.4 Å². The lowest BCUT2D eigenvalue weighted by Gasteiger charge is -2.18. The zero-order chi connectivity index (χ0) is 11.3. The summed E-state index contributed by atoms with van der Waals surface area (Å²) < 4.78 is 0.745. The van der Waals surface area contributed by atoms with Gasteiger partial charge in [0.2, 0.25) is 5.91 Å². The van der Waals surface area contributed by atoms with Crippen LogP contribution in [0.3, 0.4) is 0 Å². The summed E-state index contributed by atoms with van der Waals surface area (Å²) in [5.41, 5.74) is 0. The molecule has 0 spiro atoms. The second kappa shape index (κ2) is 6.30. The van der Waals surface area contributed by atoms with E-state index in [-0.39, 0.29) is 5.91 Å². The van der Waals surface area contributed by atoms with Crippen LogP contribution in [0.1, 0.15) is 4.88 Å². The summed E-state index contributed by atoms with van der Waals surface area (Å²) >= 11 is 10.5. The molecule has 0 bridgehead atoms. The number of thiophene rings is 1. The third kappa shape index (κ3) is 3.97. The summed E-state index contributed by atoms with van der Waals surface area (Å²) in [6.45, 7) is 4.78. The van der Waals surface area contributed by atoms with Gasteiger partial charge in [-0.1, -0.05) is 33.6 Å². The summed E-state index contributed by atoms with van der Waals surface area (Å²) in [6.07, 6.45) is 1.72. The van der Waals surface area contributed by atoms with Gasteiger partial charge in [-0.25, -0.2) is 0 Å². The lowest BCUT2D eigenvalue weighted by molar-refractivity contribution is -0.128. The van der Waals surface area contributed by atoms with Gasteiger partial charge >= 0.3 is 0 Å². The molecule has 5 heteroatoms. The molecule has 0 aromatic carbocycles. The number of carbonyl (C=O) groups is 1. The zero-order valence-electron chi connectivity index (χ0n) is 8.08. The SMILES string of the molecule is C=CCN(Cc1ccc(Cl)s1)C(=O)CBr. The van der Waals surface area contributed by atoms with Crippen LogP contribution >= 0.6 is 38.9 Å². The average molecular weight is 309 g/mol. The topological polar surface area (TPSA) is 20.3 Å². The molecule has 2 nitrogen and oxygen atoms in total. The van der Waals surface area contributed by atoms with E-state index in [9.17, 15) is 4.79 Å². The van der Waals surface area contributed by atoms with Gasteiger partial charge in [0, 0.05) is 11.4 Å². The molecule has 82 valence electrons. The fourth-order valence-electron chi connectivity index (χ4n) is 1.12. The van der Waals surface area contributed by atoms with Crippen LogP contribution in [0.15, 0.2) is 24.8 Å². The molecule has 0 aliphatic carbocycles. The van der Waals surface area contributed by atoms with E-state index in [1.54, 1.807) is 11.0 Å². The highest BCUT2D eigenvalue weighted by Crippen LogP contribution is 2.22. The zero-order valence-corrected chi connectivity index (χ0v) is 11.2. The second-order valence-electron chi connectivity index (χ2n) is 2.90. The number of nitrogens with zero attached hydrogens (tertiary/aromatic N) is 1. The molecule has 0 aliphatic rings. The summed E-state index contributed by atoms with van der Waals surface area (Å²) in [5.74, 6) is 0.0550. The Balaban J connectivity index is 2.65. The highest BCUT2D eigenvalue weighted by molar-refractivity contribution is 9.09. The molecule has 1 heterocycles. The van der Waals surface area contributed by atoms with Crippen molar-refractivity contribution in [2.24, 2.45) is 0 Å². The van der Waals surface area contributed by atoms with Gasteiger partial charge in [-0.05, 0) is 12.1 Å². The predicted octanol–water partition coefficient (Wildman–Crippen LogP) is 3.31. The molecule has 1 amide bonds. The number of hydrogen-bond donors (Lipinski definition) is 0. The standard InChI is InChI=1S/C10H11BrClNOS/c1-2-5-13(10(14)6-11)7-8-3-4-9(12)15-8/h2-4H,1,5-7H2. The molecule has 15 heavy (non-hydrogen) atoms. The minimum absolute atomic E-state index is 0.0550. The normalized spacial score (nSPS) is 10.0. The monoisotopic (exact) mass is 307 g/mol. The van der Waals surface area contributed by atoms with Crippen LogP contribution in [-0.2, 0) is 11.3 Å². The van der Waals surface area contributed by atoms with E-state index in [1.807, 2.05) is 12.1 Å². The second-order valence-corrected chi connectivity index (χ2v) is 5.26. The van der Waals surface area contributed by atoms with Crippen molar-refractivity contribution in [2.75, 3.05) is 11.9 Å². The van der Waals surface area contributed by atoms with Gasteiger partial charge in [-0.2, -0.15) is 0 Å². The summed E-state index contributed by atoms with van der Waals surface area (Å²) in [5, 5.41) is 0.333. The fourth-order valence-corrected chi connectivity index (χ4v) is 2.58. The van der Waals surface area contributed by atoms with E-state index in [0.717, 1.165) is 9.21 Å². The third-order valence-corrected chi connectivity index (χ3v) is 3.49. The molecular formula is C10H11BrClNOS. The quantitative estimate of drug-likeness (QED) is 0.603.